The van der Waals surface area contributed by atoms with E-state index in [0.29, 0.717) is 23.2 Å². The Morgan fingerprint density at radius 2 is 1.88 bits per heavy atom. The lowest BCUT2D eigenvalue weighted by molar-refractivity contribution is 0.207. The van der Waals surface area contributed by atoms with Gasteiger partial charge >= 0.3 is 0 Å². The molecular weight excluding hydrogens is 538 g/mol. The second-order valence-corrected chi connectivity index (χ2v) is 8.99. The number of rotatable bonds is 6. The van der Waals surface area contributed by atoms with E-state index < -0.39 is 5.82 Å². The summed E-state index contributed by atoms with van der Waals surface area (Å²) in [6.07, 6.45) is 4.19. The van der Waals surface area contributed by atoms with Crippen molar-refractivity contribution in [3.63, 3.8) is 0 Å². The summed E-state index contributed by atoms with van der Waals surface area (Å²) >= 11 is 8.37. The van der Waals surface area contributed by atoms with Gasteiger partial charge in [0, 0.05) is 39.4 Å². The van der Waals surface area contributed by atoms with Crippen molar-refractivity contribution in [2.75, 3.05) is 24.1 Å². The molecule has 0 saturated carbocycles. The molecule has 0 unspecified atom stereocenters. The molecule has 1 fully saturated rings. The predicted octanol–water partition coefficient (Wildman–Crippen LogP) is 6.22. The van der Waals surface area contributed by atoms with Crippen LogP contribution in [0, 0.1) is 17.7 Å². The molecule has 1 atom stereocenters. The van der Waals surface area contributed by atoms with Gasteiger partial charge in [0.15, 0.2) is 5.82 Å². The van der Waals surface area contributed by atoms with Gasteiger partial charge in [-0.25, -0.2) is 9.37 Å². The molecule has 4 rings (SSSR count). The molecule has 3 nitrogen and oxygen atoms in total. The number of nitrogens with zero attached hydrogens (tertiary/aromatic N) is 2. The van der Waals surface area contributed by atoms with E-state index in [1.165, 1.54) is 23.3 Å². The van der Waals surface area contributed by atoms with Crippen molar-refractivity contribution >= 4 is 34.2 Å². The molecule has 1 aromatic heterocycles. The van der Waals surface area contributed by atoms with Crippen molar-refractivity contribution in [2.45, 2.75) is 18.9 Å². The van der Waals surface area contributed by atoms with Crippen LogP contribution in [0.4, 0.5) is 4.39 Å². The largest absolute Gasteiger partial charge is 0.492 e. The standard InChI is InChI=1S/C26H23ClFIN2O/c27-22-8-6-20(7-9-22)21-16-25(28)26(30-18-21)12-5-19-3-10-24(11-4-19)32-15-14-31-13-1-2-23(31)17-29/h3-4,6-11,16,18,23H,1-2,13-15,17H2/t23-/m0/s1. The number of pyridine rings is 1. The van der Waals surface area contributed by atoms with Crippen LogP contribution in [-0.2, 0) is 0 Å². The number of aromatic nitrogens is 1. The number of benzene rings is 2. The normalized spacial score (nSPS) is 15.9. The number of likely N-dealkylation sites (tertiary alicyclic amines) is 1. The Morgan fingerprint density at radius 1 is 1.09 bits per heavy atom. The van der Waals surface area contributed by atoms with Crippen LogP contribution in [0.1, 0.15) is 24.1 Å². The van der Waals surface area contributed by atoms with Gasteiger partial charge in [0.25, 0.3) is 0 Å². The molecule has 3 aromatic rings. The van der Waals surface area contributed by atoms with E-state index in [-0.39, 0.29) is 5.69 Å². The summed E-state index contributed by atoms with van der Waals surface area (Å²) in [5.41, 5.74) is 2.44. The Bertz CT molecular complexity index is 1110. The summed E-state index contributed by atoms with van der Waals surface area (Å²) in [5, 5.41) is 0.637. The van der Waals surface area contributed by atoms with Crippen LogP contribution in [0.2, 0.25) is 5.02 Å². The molecule has 2 heterocycles. The molecule has 32 heavy (non-hydrogen) atoms. The van der Waals surface area contributed by atoms with Crippen molar-refractivity contribution in [3.8, 4) is 28.7 Å². The fourth-order valence-corrected chi connectivity index (χ4v) is 4.86. The Labute approximate surface area is 207 Å². The van der Waals surface area contributed by atoms with Crippen molar-refractivity contribution < 1.29 is 9.13 Å². The minimum Gasteiger partial charge on any atom is -0.492 e. The molecule has 0 bridgehead atoms. The molecule has 6 heteroatoms. The van der Waals surface area contributed by atoms with Gasteiger partial charge < -0.3 is 4.74 Å². The molecule has 0 spiro atoms. The topological polar surface area (TPSA) is 25.4 Å². The lowest BCUT2D eigenvalue weighted by Gasteiger charge is -2.22. The van der Waals surface area contributed by atoms with Crippen LogP contribution < -0.4 is 4.74 Å². The van der Waals surface area contributed by atoms with Crippen molar-refractivity contribution in [2.24, 2.45) is 0 Å². The van der Waals surface area contributed by atoms with E-state index in [0.717, 1.165) is 30.0 Å². The average Bonchev–Trinajstić information content (AvgIpc) is 3.27. The summed E-state index contributed by atoms with van der Waals surface area (Å²) in [7, 11) is 0. The first kappa shape index (κ1) is 23.0. The molecule has 1 aliphatic rings. The van der Waals surface area contributed by atoms with Gasteiger partial charge in [0.1, 0.15) is 18.1 Å². The highest BCUT2D eigenvalue weighted by atomic mass is 127. The molecule has 0 amide bonds. The van der Waals surface area contributed by atoms with E-state index in [1.807, 2.05) is 36.4 Å². The number of alkyl halides is 1. The van der Waals surface area contributed by atoms with Gasteiger partial charge in [-0.15, -0.1) is 0 Å². The summed E-state index contributed by atoms with van der Waals surface area (Å²) in [5.74, 6) is 6.17. The zero-order valence-corrected chi connectivity index (χ0v) is 20.4. The SMILES string of the molecule is Fc1cc(-c2ccc(Cl)cc2)cnc1C#Cc1ccc(OCCN2CCC[C@H]2CI)cc1. The highest BCUT2D eigenvalue weighted by Gasteiger charge is 2.22. The zero-order valence-electron chi connectivity index (χ0n) is 17.5. The highest BCUT2D eigenvalue weighted by molar-refractivity contribution is 14.1. The maximum atomic E-state index is 14.5. The Morgan fingerprint density at radius 3 is 2.59 bits per heavy atom. The van der Waals surface area contributed by atoms with Crippen molar-refractivity contribution in [1.82, 2.24) is 9.88 Å². The second kappa shape index (κ2) is 11.1. The summed E-state index contributed by atoms with van der Waals surface area (Å²) in [6.45, 7) is 2.79. The molecule has 0 N–H and O–H groups in total. The first-order valence-corrected chi connectivity index (χ1v) is 12.5. The third kappa shape index (κ3) is 6.00. The average molecular weight is 561 g/mol. The quantitative estimate of drug-likeness (QED) is 0.203. The van der Waals surface area contributed by atoms with Gasteiger partial charge in [-0.2, -0.15) is 0 Å². The minimum atomic E-state index is -0.448. The smallest absolute Gasteiger partial charge is 0.158 e. The molecule has 164 valence electrons. The maximum absolute atomic E-state index is 14.5. The lowest BCUT2D eigenvalue weighted by atomic mass is 10.1. The van der Waals surface area contributed by atoms with Gasteiger partial charge in [0.05, 0.1) is 0 Å². The first-order chi connectivity index (χ1) is 15.6. The number of hydrogen-bond acceptors (Lipinski definition) is 3. The molecule has 0 aliphatic carbocycles. The van der Waals surface area contributed by atoms with Crippen LogP contribution in [0.25, 0.3) is 11.1 Å². The van der Waals surface area contributed by atoms with Crippen LogP contribution in [-0.4, -0.2) is 40.0 Å². The maximum Gasteiger partial charge on any atom is 0.158 e. The van der Waals surface area contributed by atoms with E-state index in [9.17, 15) is 4.39 Å². The summed E-state index contributed by atoms with van der Waals surface area (Å²) < 4.78 is 21.5. The van der Waals surface area contributed by atoms with Gasteiger partial charge in [-0.3, -0.25) is 4.90 Å². The first-order valence-electron chi connectivity index (χ1n) is 10.6. The van der Waals surface area contributed by atoms with Gasteiger partial charge in [-0.05, 0) is 73.3 Å². The van der Waals surface area contributed by atoms with Crippen molar-refractivity contribution in [3.05, 3.63) is 82.9 Å². The Hall–Kier alpha value is -2.14. The van der Waals surface area contributed by atoms with E-state index >= 15 is 0 Å². The summed E-state index contributed by atoms with van der Waals surface area (Å²) in [6, 6.07) is 16.9. The van der Waals surface area contributed by atoms with Crippen LogP contribution >= 0.6 is 34.2 Å². The third-order valence-corrected chi connectivity index (χ3v) is 6.79. The molecule has 1 saturated heterocycles. The number of hydrogen-bond donors (Lipinski definition) is 0. The van der Waals surface area contributed by atoms with Gasteiger partial charge in [0.2, 0.25) is 0 Å². The van der Waals surface area contributed by atoms with Crippen molar-refractivity contribution in [1.29, 1.82) is 0 Å². The molecule has 1 aliphatic heterocycles. The third-order valence-electron chi connectivity index (χ3n) is 5.52. The fraction of sp³-hybridized carbons (Fsp3) is 0.269. The number of halogens is 3. The van der Waals surface area contributed by atoms with E-state index in [2.05, 4.69) is 44.3 Å². The van der Waals surface area contributed by atoms with Crippen LogP contribution in [0.3, 0.4) is 0 Å². The Balaban J connectivity index is 1.35. The zero-order chi connectivity index (χ0) is 22.3. The summed E-state index contributed by atoms with van der Waals surface area (Å²) in [4.78, 5) is 6.70. The van der Waals surface area contributed by atoms with Crippen LogP contribution in [0.5, 0.6) is 5.75 Å². The fourth-order valence-electron chi connectivity index (χ4n) is 3.74. The monoisotopic (exact) mass is 560 g/mol. The Kier molecular flexibility index (Phi) is 8.01. The molecular formula is C26H23ClFIN2O. The minimum absolute atomic E-state index is 0.124. The highest BCUT2D eigenvalue weighted by Crippen LogP contribution is 2.22. The number of ether oxygens (including phenoxy) is 1. The second-order valence-electron chi connectivity index (χ2n) is 7.67. The lowest BCUT2D eigenvalue weighted by Crippen LogP contribution is -2.34. The molecule has 0 radical (unpaired) electrons. The van der Waals surface area contributed by atoms with E-state index in [1.54, 1.807) is 18.3 Å². The van der Waals surface area contributed by atoms with Gasteiger partial charge in [-0.1, -0.05) is 52.2 Å². The predicted molar refractivity (Wildman–Crippen MR) is 136 cm³/mol. The molecule has 2 aromatic carbocycles. The van der Waals surface area contributed by atoms with Crippen LogP contribution in [0.15, 0.2) is 60.8 Å². The van der Waals surface area contributed by atoms with E-state index in [4.69, 9.17) is 16.3 Å².